The standard InChI is InChI=1S/C16H31NO2/c1-15(2)13-6-7-16(15,3)14(12-13)19-11-10-18-9-8-17(4)5/h13-14H,6-12H2,1-5H3. The number of likely N-dealkylation sites (N-methyl/N-ethyl adjacent to an activating group) is 1. The lowest BCUT2D eigenvalue weighted by Crippen LogP contribution is -2.37. The van der Waals surface area contributed by atoms with E-state index >= 15 is 0 Å². The molecular weight excluding hydrogens is 238 g/mol. The van der Waals surface area contributed by atoms with Crippen molar-refractivity contribution in [1.82, 2.24) is 4.90 Å². The van der Waals surface area contributed by atoms with Gasteiger partial charge < -0.3 is 14.4 Å². The van der Waals surface area contributed by atoms with E-state index in [9.17, 15) is 0 Å². The first kappa shape index (κ1) is 15.3. The van der Waals surface area contributed by atoms with Crippen LogP contribution in [-0.2, 0) is 9.47 Å². The minimum absolute atomic E-state index is 0.376. The van der Waals surface area contributed by atoms with Crippen molar-refractivity contribution < 1.29 is 9.47 Å². The van der Waals surface area contributed by atoms with Gasteiger partial charge in [-0.05, 0) is 50.1 Å². The van der Waals surface area contributed by atoms with Crippen LogP contribution in [0.5, 0.6) is 0 Å². The van der Waals surface area contributed by atoms with Gasteiger partial charge in [0, 0.05) is 6.54 Å². The molecule has 2 aliphatic carbocycles. The number of fused-ring (bicyclic) bond motifs is 2. The minimum Gasteiger partial charge on any atom is -0.378 e. The summed E-state index contributed by atoms with van der Waals surface area (Å²) in [7, 11) is 4.14. The summed E-state index contributed by atoms with van der Waals surface area (Å²) in [5.74, 6) is 0.858. The second-order valence-corrected chi connectivity index (χ2v) is 7.39. The van der Waals surface area contributed by atoms with Crippen molar-refractivity contribution >= 4 is 0 Å². The molecule has 19 heavy (non-hydrogen) atoms. The third kappa shape index (κ3) is 2.84. The average Bonchev–Trinajstić information content (AvgIpc) is 2.66. The Morgan fingerprint density at radius 3 is 2.37 bits per heavy atom. The number of ether oxygens (including phenoxy) is 2. The summed E-state index contributed by atoms with van der Waals surface area (Å²) in [5, 5.41) is 0. The molecule has 0 aromatic rings. The molecule has 0 heterocycles. The maximum absolute atomic E-state index is 6.14. The van der Waals surface area contributed by atoms with E-state index < -0.39 is 0 Å². The van der Waals surface area contributed by atoms with E-state index in [2.05, 4.69) is 39.8 Å². The molecule has 0 spiro atoms. The molecule has 0 saturated heterocycles. The van der Waals surface area contributed by atoms with Crippen LogP contribution in [0.1, 0.15) is 40.0 Å². The maximum Gasteiger partial charge on any atom is 0.0704 e. The molecule has 0 aromatic carbocycles. The molecule has 0 aromatic heterocycles. The highest BCUT2D eigenvalue weighted by Crippen LogP contribution is 2.66. The minimum atomic E-state index is 0.376. The molecule has 0 N–H and O–H groups in total. The molecule has 3 unspecified atom stereocenters. The zero-order valence-electron chi connectivity index (χ0n) is 13.4. The van der Waals surface area contributed by atoms with Crippen molar-refractivity contribution in [1.29, 1.82) is 0 Å². The number of nitrogens with zero attached hydrogens (tertiary/aromatic N) is 1. The Bertz CT molecular complexity index is 303. The van der Waals surface area contributed by atoms with Crippen molar-refractivity contribution in [2.24, 2.45) is 16.7 Å². The molecule has 3 nitrogen and oxygen atoms in total. The molecule has 2 bridgehead atoms. The summed E-state index contributed by atoms with van der Waals surface area (Å²) in [6.07, 6.45) is 4.42. The third-order valence-electron chi connectivity index (χ3n) is 5.94. The lowest BCUT2D eigenvalue weighted by molar-refractivity contribution is -0.0649. The van der Waals surface area contributed by atoms with Gasteiger partial charge in [0.2, 0.25) is 0 Å². The van der Waals surface area contributed by atoms with Gasteiger partial charge in [0.15, 0.2) is 0 Å². The first-order valence-electron chi connectivity index (χ1n) is 7.72. The Hall–Kier alpha value is -0.120. The molecule has 2 fully saturated rings. The van der Waals surface area contributed by atoms with E-state index in [0.29, 0.717) is 16.9 Å². The van der Waals surface area contributed by atoms with E-state index in [-0.39, 0.29) is 0 Å². The van der Waals surface area contributed by atoms with Gasteiger partial charge >= 0.3 is 0 Å². The monoisotopic (exact) mass is 269 g/mol. The van der Waals surface area contributed by atoms with Gasteiger partial charge in [-0.1, -0.05) is 20.8 Å². The number of rotatable bonds is 7. The SMILES string of the molecule is CN(C)CCOCCOC1CC2CCC1(C)C2(C)C. The van der Waals surface area contributed by atoms with Gasteiger partial charge in [-0.2, -0.15) is 0 Å². The van der Waals surface area contributed by atoms with Gasteiger partial charge in [-0.3, -0.25) is 0 Å². The second kappa shape index (κ2) is 5.71. The van der Waals surface area contributed by atoms with Crippen molar-refractivity contribution in [2.75, 3.05) is 40.5 Å². The van der Waals surface area contributed by atoms with Crippen LogP contribution in [0.2, 0.25) is 0 Å². The van der Waals surface area contributed by atoms with Crippen molar-refractivity contribution in [3.05, 3.63) is 0 Å². The summed E-state index contributed by atoms with van der Waals surface area (Å²) in [6.45, 7) is 10.5. The quantitative estimate of drug-likeness (QED) is 0.663. The van der Waals surface area contributed by atoms with Crippen molar-refractivity contribution in [2.45, 2.75) is 46.1 Å². The molecule has 0 radical (unpaired) electrons. The van der Waals surface area contributed by atoms with Crippen LogP contribution >= 0.6 is 0 Å². The topological polar surface area (TPSA) is 21.7 Å². The van der Waals surface area contributed by atoms with Crippen molar-refractivity contribution in [3.63, 3.8) is 0 Å². The van der Waals surface area contributed by atoms with Crippen LogP contribution in [0.3, 0.4) is 0 Å². The van der Waals surface area contributed by atoms with Gasteiger partial charge in [0.05, 0.1) is 25.9 Å². The Labute approximate surface area is 118 Å². The Morgan fingerprint density at radius 1 is 1.11 bits per heavy atom. The lowest BCUT2D eigenvalue weighted by atomic mass is 9.70. The van der Waals surface area contributed by atoms with Crippen LogP contribution in [0.25, 0.3) is 0 Å². The fraction of sp³-hybridized carbons (Fsp3) is 1.00. The molecule has 0 aliphatic heterocycles. The van der Waals surface area contributed by atoms with E-state index in [1.54, 1.807) is 0 Å². The Kier molecular flexibility index (Phi) is 4.59. The molecule has 2 aliphatic rings. The largest absolute Gasteiger partial charge is 0.378 e. The van der Waals surface area contributed by atoms with Crippen LogP contribution in [-0.4, -0.2) is 51.5 Å². The fourth-order valence-electron chi connectivity index (χ4n) is 3.98. The summed E-state index contributed by atoms with van der Waals surface area (Å²) >= 11 is 0. The van der Waals surface area contributed by atoms with E-state index in [1.165, 1.54) is 19.3 Å². The van der Waals surface area contributed by atoms with Crippen molar-refractivity contribution in [3.8, 4) is 0 Å². The van der Waals surface area contributed by atoms with Gasteiger partial charge in [0.1, 0.15) is 0 Å². The van der Waals surface area contributed by atoms with Gasteiger partial charge in [-0.15, -0.1) is 0 Å². The predicted molar refractivity (Wildman–Crippen MR) is 78.3 cm³/mol. The molecule has 2 rings (SSSR count). The molecule has 3 heteroatoms. The third-order valence-corrected chi connectivity index (χ3v) is 5.94. The highest BCUT2D eigenvalue weighted by atomic mass is 16.5. The second-order valence-electron chi connectivity index (χ2n) is 7.39. The smallest absolute Gasteiger partial charge is 0.0704 e. The Balaban J connectivity index is 1.68. The summed E-state index contributed by atoms with van der Waals surface area (Å²) < 4.78 is 11.7. The fourth-order valence-corrected chi connectivity index (χ4v) is 3.98. The van der Waals surface area contributed by atoms with E-state index in [0.717, 1.165) is 32.3 Å². The molecule has 2 saturated carbocycles. The molecule has 112 valence electrons. The average molecular weight is 269 g/mol. The van der Waals surface area contributed by atoms with Crippen LogP contribution in [0, 0.1) is 16.7 Å². The van der Waals surface area contributed by atoms with Crippen LogP contribution < -0.4 is 0 Å². The van der Waals surface area contributed by atoms with E-state index in [1.807, 2.05) is 0 Å². The molecule has 3 atom stereocenters. The maximum atomic E-state index is 6.14. The highest BCUT2D eigenvalue weighted by molar-refractivity contribution is 5.11. The Morgan fingerprint density at radius 2 is 1.84 bits per heavy atom. The lowest BCUT2D eigenvalue weighted by Gasteiger charge is -2.38. The van der Waals surface area contributed by atoms with Crippen LogP contribution in [0.15, 0.2) is 0 Å². The van der Waals surface area contributed by atoms with E-state index in [4.69, 9.17) is 9.47 Å². The summed E-state index contributed by atoms with van der Waals surface area (Å²) in [4.78, 5) is 2.14. The summed E-state index contributed by atoms with van der Waals surface area (Å²) in [6, 6.07) is 0. The zero-order chi connectivity index (χ0) is 14.1. The highest BCUT2D eigenvalue weighted by Gasteiger charge is 2.61. The first-order valence-corrected chi connectivity index (χ1v) is 7.72. The molecular formula is C16H31NO2. The zero-order valence-corrected chi connectivity index (χ0v) is 13.4. The van der Waals surface area contributed by atoms with Gasteiger partial charge in [0.25, 0.3) is 0 Å². The normalized spacial score (nSPS) is 36.3. The first-order chi connectivity index (χ1) is 8.88. The number of hydrogen-bond donors (Lipinski definition) is 0. The number of hydrogen-bond acceptors (Lipinski definition) is 3. The van der Waals surface area contributed by atoms with Crippen LogP contribution in [0.4, 0.5) is 0 Å². The van der Waals surface area contributed by atoms with Gasteiger partial charge in [-0.25, -0.2) is 0 Å². The predicted octanol–water partition coefficient (Wildman–Crippen LogP) is 2.80. The summed E-state index contributed by atoms with van der Waals surface area (Å²) in [5.41, 5.74) is 0.824. The molecule has 0 amide bonds.